The molecule has 1 aliphatic rings. The van der Waals surface area contributed by atoms with E-state index in [9.17, 15) is 13.6 Å². The Labute approximate surface area is 208 Å². The highest BCUT2D eigenvalue weighted by atomic mass is 127. The number of hydrogen-bond donors (Lipinski definition) is 3. The first-order valence-electron chi connectivity index (χ1n) is 10.2. The summed E-state index contributed by atoms with van der Waals surface area (Å²) in [5, 5.41) is 9.24. The van der Waals surface area contributed by atoms with Gasteiger partial charge in [0.1, 0.15) is 5.75 Å². The van der Waals surface area contributed by atoms with Gasteiger partial charge in [0.2, 0.25) is 0 Å². The van der Waals surface area contributed by atoms with Crippen molar-refractivity contribution in [2.45, 2.75) is 25.6 Å². The van der Waals surface area contributed by atoms with Gasteiger partial charge in [-0.25, -0.2) is 4.79 Å². The lowest BCUT2D eigenvalue weighted by atomic mass is 10.2. The van der Waals surface area contributed by atoms with Crippen LogP contribution in [0.4, 0.5) is 25.0 Å². The number of hydrogen-bond acceptors (Lipinski definition) is 5. The number of methoxy groups -OCH3 is 1. The first kappa shape index (κ1) is 26.4. The van der Waals surface area contributed by atoms with Crippen LogP contribution in [0.1, 0.15) is 12.0 Å². The Morgan fingerprint density at radius 1 is 1.21 bits per heavy atom. The van der Waals surface area contributed by atoms with E-state index >= 15 is 0 Å². The van der Waals surface area contributed by atoms with Crippen LogP contribution >= 0.6 is 24.0 Å². The second-order valence-electron chi connectivity index (χ2n) is 7.16. The number of ether oxygens (including phenoxy) is 2. The van der Waals surface area contributed by atoms with E-state index in [2.05, 4.69) is 30.4 Å². The summed E-state index contributed by atoms with van der Waals surface area (Å²) in [7, 11) is 3.00. The Kier molecular flexibility index (Phi) is 10.4. The zero-order valence-electron chi connectivity index (χ0n) is 18.4. The lowest BCUT2D eigenvalue weighted by molar-refractivity contribution is -0.0495. The topological polar surface area (TPSA) is 87.2 Å². The zero-order chi connectivity index (χ0) is 22.9. The molecule has 0 bridgehead atoms. The molecule has 2 aromatic carbocycles. The van der Waals surface area contributed by atoms with Crippen LogP contribution in [0.15, 0.2) is 53.5 Å². The van der Waals surface area contributed by atoms with Crippen molar-refractivity contribution in [3.05, 3.63) is 54.1 Å². The van der Waals surface area contributed by atoms with Crippen LogP contribution in [0.3, 0.4) is 0 Å². The fourth-order valence-electron chi connectivity index (χ4n) is 3.46. The SMILES string of the molecule is CN=C(NCc1ccc(NC(=O)OC)cc1)NC1CCN(c2ccccc2OC(F)F)C1.I. The van der Waals surface area contributed by atoms with Crippen molar-refractivity contribution < 1.29 is 23.0 Å². The summed E-state index contributed by atoms with van der Waals surface area (Å²) in [4.78, 5) is 17.5. The number of alkyl halides is 2. The quantitative estimate of drug-likeness (QED) is 0.263. The average Bonchev–Trinajstić information content (AvgIpc) is 3.25. The molecule has 1 heterocycles. The molecule has 0 aliphatic carbocycles. The minimum atomic E-state index is -2.86. The van der Waals surface area contributed by atoms with Gasteiger partial charge in [-0.15, -0.1) is 24.0 Å². The summed E-state index contributed by atoms with van der Waals surface area (Å²) in [5.74, 6) is 0.821. The van der Waals surface area contributed by atoms with Gasteiger partial charge in [0, 0.05) is 38.4 Å². The minimum absolute atomic E-state index is 0. The van der Waals surface area contributed by atoms with Crippen LogP contribution < -0.4 is 25.6 Å². The molecule has 0 radical (unpaired) electrons. The van der Waals surface area contributed by atoms with E-state index < -0.39 is 12.7 Å². The number of anilines is 2. The lowest BCUT2D eigenvalue weighted by Crippen LogP contribution is -2.44. The van der Waals surface area contributed by atoms with Crippen LogP contribution in [-0.4, -0.2) is 52.0 Å². The highest BCUT2D eigenvalue weighted by Gasteiger charge is 2.26. The Morgan fingerprint density at radius 2 is 1.94 bits per heavy atom. The number of amides is 1. The molecule has 0 saturated carbocycles. The summed E-state index contributed by atoms with van der Waals surface area (Å²) in [5.41, 5.74) is 2.31. The maximum absolute atomic E-state index is 12.7. The molecule has 8 nitrogen and oxygen atoms in total. The number of guanidine groups is 1. The second-order valence-corrected chi connectivity index (χ2v) is 7.16. The summed E-state index contributed by atoms with van der Waals surface area (Å²) >= 11 is 0. The molecule has 1 saturated heterocycles. The number of nitrogens with one attached hydrogen (secondary N) is 3. The highest BCUT2D eigenvalue weighted by molar-refractivity contribution is 14.0. The van der Waals surface area contributed by atoms with Crippen molar-refractivity contribution in [3.8, 4) is 5.75 Å². The Hall–Kier alpha value is -2.83. The van der Waals surface area contributed by atoms with Gasteiger partial charge in [0.25, 0.3) is 0 Å². The molecule has 0 aromatic heterocycles. The minimum Gasteiger partial charge on any atom is -0.453 e. The molecule has 1 amide bonds. The number of aliphatic imine (C=N–C) groups is 1. The van der Waals surface area contributed by atoms with Gasteiger partial charge in [-0.2, -0.15) is 8.78 Å². The van der Waals surface area contributed by atoms with Gasteiger partial charge in [-0.1, -0.05) is 24.3 Å². The van der Waals surface area contributed by atoms with Crippen molar-refractivity contribution >= 4 is 47.4 Å². The van der Waals surface area contributed by atoms with Crippen molar-refractivity contribution in [2.24, 2.45) is 4.99 Å². The van der Waals surface area contributed by atoms with Crippen molar-refractivity contribution in [1.82, 2.24) is 10.6 Å². The molecular formula is C22H28F2IN5O3. The zero-order valence-corrected chi connectivity index (χ0v) is 20.7. The standard InChI is InChI=1S/C22H27F2N5O3.HI/c1-25-21(26-13-15-7-9-16(10-8-15)28-22(30)31-2)27-17-11-12-29(14-17)18-5-3-4-6-19(18)32-20(23)24;/h3-10,17,20H,11-14H2,1-2H3,(H,28,30)(H2,25,26,27);1H. The van der Waals surface area contributed by atoms with Crippen LogP contribution in [0.2, 0.25) is 0 Å². The molecule has 1 atom stereocenters. The fourth-order valence-corrected chi connectivity index (χ4v) is 3.46. The van der Waals surface area contributed by atoms with Crippen LogP contribution in [0, 0.1) is 0 Å². The maximum atomic E-state index is 12.7. The number of para-hydroxylation sites is 2. The average molecular weight is 575 g/mol. The monoisotopic (exact) mass is 575 g/mol. The molecule has 3 rings (SSSR count). The lowest BCUT2D eigenvalue weighted by Gasteiger charge is -2.22. The predicted octanol–water partition coefficient (Wildman–Crippen LogP) is 4.03. The van der Waals surface area contributed by atoms with E-state index in [1.165, 1.54) is 7.11 Å². The third-order valence-electron chi connectivity index (χ3n) is 5.02. The smallest absolute Gasteiger partial charge is 0.411 e. The van der Waals surface area contributed by atoms with Gasteiger partial charge in [0.15, 0.2) is 5.96 Å². The third-order valence-corrected chi connectivity index (χ3v) is 5.02. The largest absolute Gasteiger partial charge is 0.453 e. The van der Waals surface area contributed by atoms with Crippen LogP contribution in [0.25, 0.3) is 0 Å². The maximum Gasteiger partial charge on any atom is 0.411 e. The number of halogens is 3. The van der Waals surface area contributed by atoms with Gasteiger partial charge < -0.3 is 25.0 Å². The van der Waals surface area contributed by atoms with Gasteiger partial charge in [0.05, 0.1) is 12.8 Å². The van der Waals surface area contributed by atoms with Crippen molar-refractivity contribution in [2.75, 3.05) is 37.5 Å². The molecule has 0 spiro atoms. The molecule has 3 N–H and O–H groups in total. The summed E-state index contributed by atoms with van der Waals surface area (Å²) in [6, 6.07) is 14.3. The van der Waals surface area contributed by atoms with Gasteiger partial charge in [-0.3, -0.25) is 10.3 Å². The van der Waals surface area contributed by atoms with E-state index in [0.717, 1.165) is 12.0 Å². The second kappa shape index (κ2) is 13.0. The van der Waals surface area contributed by atoms with Crippen LogP contribution in [0.5, 0.6) is 5.75 Å². The molecule has 180 valence electrons. The third kappa shape index (κ3) is 7.91. The number of nitrogens with zero attached hydrogens (tertiary/aromatic N) is 2. The highest BCUT2D eigenvalue weighted by Crippen LogP contribution is 2.31. The van der Waals surface area contributed by atoms with Gasteiger partial charge >= 0.3 is 12.7 Å². The molecule has 1 aliphatic heterocycles. The van der Waals surface area contributed by atoms with Gasteiger partial charge in [-0.05, 0) is 36.2 Å². The first-order chi connectivity index (χ1) is 15.5. The summed E-state index contributed by atoms with van der Waals surface area (Å²) < 4.78 is 34.6. The summed E-state index contributed by atoms with van der Waals surface area (Å²) in [6.45, 7) is -0.967. The van der Waals surface area contributed by atoms with E-state index in [0.29, 0.717) is 37.0 Å². The molecule has 2 aromatic rings. The Bertz CT molecular complexity index is 931. The molecule has 33 heavy (non-hydrogen) atoms. The first-order valence-corrected chi connectivity index (χ1v) is 10.2. The molecule has 1 unspecified atom stereocenters. The van der Waals surface area contributed by atoms with Crippen LogP contribution in [-0.2, 0) is 11.3 Å². The van der Waals surface area contributed by atoms with E-state index in [1.54, 1.807) is 43.4 Å². The van der Waals surface area contributed by atoms with E-state index in [-0.39, 0.29) is 35.8 Å². The number of benzene rings is 2. The molecule has 11 heteroatoms. The predicted molar refractivity (Wildman–Crippen MR) is 135 cm³/mol. The van der Waals surface area contributed by atoms with E-state index in [1.807, 2.05) is 17.0 Å². The van der Waals surface area contributed by atoms with E-state index in [4.69, 9.17) is 0 Å². The molecule has 1 fully saturated rings. The Balaban J connectivity index is 0.00000385. The number of rotatable bonds is 7. The normalized spacial score (nSPS) is 15.6. The summed E-state index contributed by atoms with van der Waals surface area (Å²) in [6.07, 6.45) is 0.312. The Morgan fingerprint density at radius 3 is 2.61 bits per heavy atom. The number of carbonyl (C=O) groups excluding carboxylic acids is 1. The van der Waals surface area contributed by atoms with Crippen molar-refractivity contribution in [1.29, 1.82) is 0 Å². The molecular weight excluding hydrogens is 547 g/mol. The fraction of sp³-hybridized carbons (Fsp3) is 0.364. The number of carbonyl (C=O) groups is 1. The van der Waals surface area contributed by atoms with Crippen molar-refractivity contribution in [3.63, 3.8) is 0 Å².